The number of aromatic nitrogens is 1. The van der Waals surface area contributed by atoms with E-state index in [0.29, 0.717) is 0 Å². The topological polar surface area (TPSA) is 91.6 Å². The number of hydrogen-bond donors (Lipinski definition) is 0. The lowest BCUT2D eigenvalue weighted by Gasteiger charge is -2.03. The van der Waals surface area contributed by atoms with Crippen LogP contribution in [0.25, 0.3) is 0 Å². The Morgan fingerprint density at radius 3 is 2.81 bits per heavy atom. The minimum Gasteiger partial charge on any atom is -0.465 e. The van der Waals surface area contributed by atoms with Gasteiger partial charge in [0.1, 0.15) is 0 Å². The van der Waals surface area contributed by atoms with Crippen molar-refractivity contribution in [1.82, 2.24) is 4.98 Å². The van der Waals surface area contributed by atoms with Gasteiger partial charge in [0.2, 0.25) is 5.75 Å². The summed E-state index contributed by atoms with van der Waals surface area (Å²) in [7, 11) is 1.21. The van der Waals surface area contributed by atoms with Crippen molar-refractivity contribution in [2.24, 2.45) is 0 Å². The molecule has 0 radical (unpaired) electrons. The van der Waals surface area contributed by atoms with Gasteiger partial charge in [-0.05, 0) is 18.6 Å². The molecule has 0 amide bonds. The lowest BCUT2D eigenvalue weighted by Crippen LogP contribution is -1.98. The summed E-state index contributed by atoms with van der Waals surface area (Å²) in [6, 6.07) is 4.44. The molecule has 2 rings (SSSR count). The summed E-state index contributed by atoms with van der Waals surface area (Å²) in [5.74, 6) is -0.618. The first-order valence-electron chi connectivity index (χ1n) is 5.60. The van der Waals surface area contributed by atoms with Crippen molar-refractivity contribution >= 4 is 34.6 Å². The summed E-state index contributed by atoms with van der Waals surface area (Å²) >= 11 is 6.65. The second-order valence-corrected chi connectivity index (χ2v) is 5.24. The molecule has 9 heteroatoms. The lowest BCUT2D eigenvalue weighted by molar-refractivity contribution is -0.385. The molecule has 1 aromatic carbocycles. The van der Waals surface area contributed by atoms with Crippen LogP contribution in [0.4, 0.5) is 5.69 Å². The normalized spacial score (nSPS) is 10.2. The van der Waals surface area contributed by atoms with Crippen molar-refractivity contribution in [3.05, 3.63) is 43.9 Å². The van der Waals surface area contributed by atoms with E-state index < -0.39 is 10.9 Å². The SMILES string of the molecule is COC(=O)c1sc(Oc2cc(C)ccc2[N+](=O)[O-])nc1Cl. The predicted molar refractivity (Wildman–Crippen MR) is 76.4 cm³/mol. The van der Waals surface area contributed by atoms with E-state index in [9.17, 15) is 14.9 Å². The summed E-state index contributed by atoms with van der Waals surface area (Å²) < 4.78 is 9.93. The molecule has 0 unspecified atom stereocenters. The third-order valence-electron chi connectivity index (χ3n) is 2.45. The zero-order chi connectivity index (χ0) is 15.6. The molecule has 1 aromatic heterocycles. The molecule has 7 nitrogen and oxygen atoms in total. The molecule has 110 valence electrons. The van der Waals surface area contributed by atoms with Gasteiger partial charge in [-0.25, -0.2) is 4.79 Å². The molecule has 0 aliphatic heterocycles. The van der Waals surface area contributed by atoms with Gasteiger partial charge < -0.3 is 9.47 Å². The van der Waals surface area contributed by atoms with Gasteiger partial charge in [0.15, 0.2) is 10.0 Å². The number of thiazole rings is 1. The smallest absolute Gasteiger partial charge is 0.351 e. The second kappa shape index (κ2) is 6.06. The Morgan fingerprint density at radius 2 is 2.19 bits per heavy atom. The van der Waals surface area contributed by atoms with Crippen molar-refractivity contribution < 1.29 is 19.2 Å². The van der Waals surface area contributed by atoms with Crippen LogP contribution in [0.3, 0.4) is 0 Å². The fraction of sp³-hybridized carbons (Fsp3) is 0.167. The average molecular weight is 329 g/mol. The Morgan fingerprint density at radius 1 is 1.48 bits per heavy atom. The zero-order valence-electron chi connectivity index (χ0n) is 11.0. The number of nitrogens with zero attached hydrogens (tertiary/aromatic N) is 2. The maximum atomic E-state index is 11.4. The standard InChI is InChI=1S/C12H9ClN2O5S/c1-6-3-4-7(15(17)18)8(5-6)20-12-14-10(13)9(21-12)11(16)19-2/h3-5H,1-2H3. The number of esters is 1. The molecule has 0 fully saturated rings. The number of benzene rings is 1. The fourth-order valence-electron chi connectivity index (χ4n) is 1.49. The minimum absolute atomic E-state index is 0.0223. The van der Waals surface area contributed by atoms with Crippen LogP contribution in [0.2, 0.25) is 5.15 Å². The van der Waals surface area contributed by atoms with E-state index in [1.165, 1.54) is 19.2 Å². The molecule has 0 atom stereocenters. The largest absolute Gasteiger partial charge is 0.465 e. The maximum absolute atomic E-state index is 11.4. The van der Waals surface area contributed by atoms with Gasteiger partial charge in [-0.3, -0.25) is 10.1 Å². The lowest BCUT2D eigenvalue weighted by atomic mass is 10.2. The minimum atomic E-state index is -0.647. The first-order chi connectivity index (χ1) is 9.92. The quantitative estimate of drug-likeness (QED) is 0.484. The van der Waals surface area contributed by atoms with Crippen molar-refractivity contribution in [3.8, 4) is 10.9 Å². The first-order valence-corrected chi connectivity index (χ1v) is 6.79. The molecular formula is C12H9ClN2O5S. The second-order valence-electron chi connectivity index (χ2n) is 3.92. The molecule has 21 heavy (non-hydrogen) atoms. The van der Waals surface area contributed by atoms with E-state index in [4.69, 9.17) is 16.3 Å². The van der Waals surface area contributed by atoms with E-state index in [0.717, 1.165) is 16.9 Å². The zero-order valence-corrected chi connectivity index (χ0v) is 12.5. The summed E-state index contributed by atoms with van der Waals surface area (Å²) in [4.78, 5) is 25.7. The molecular weight excluding hydrogens is 320 g/mol. The number of hydrogen-bond acceptors (Lipinski definition) is 7. The fourth-order valence-corrected chi connectivity index (χ4v) is 2.55. The number of rotatable bonds is 4. The van der Waals surface area contributed by atoms with Crippen LogP contribution in [0.5, 0.6) is 10.9 Å². The van der Waals surface area contributed by atoms with Crippen LogP contribution in [0, 0.1) is 17.0 Å². The Balaban J connectivity index is 2.37. The van der Waals surface area contributed by atoms with E-state index >= 15 is 0 Å². The Hall–Kier alpha value is -2.19. The van der Waals surface area contributed by atoms with Crippen LogP contribution in [-0.4, -0.2) is 23.0 Å². The predicted octanol–water partition coefficient (Wildman–Crippen LogP) is 3.59. The Kier molecular flexibility index (Phi) is 4.39. The molecule has 2 aromatic rings. The number of halogens is 1. The molecule has 0 aliphatic carbocycles. The number of carbonyl (C=O) groups excluding carboxylic acids is 1. The van der Waals surface area contributed by atoms with E-state index in [2.05, 4.69) is 9.72 Å². The highest BCUT2D eigenvalue weighted by atomic mass is 35.5. The van der Waals surface area contributed by atoms with Crippen LogP contribution >= 0.6 is 22.9 Å². The monoisotopic (exact) mass is 328 g/mol. The highest BCUT2D eigenvalue weighted by Crippen LogP contribution is 2.36. The van der Waals surface area contributed by atoms with Gasteiger partial charge >= 0.3 is 11.7 Å². The van der Waals surface area contributed by atoms with Crippen LogP contribution < -0.4 is 4.74 Å². The molecule has 0 aliphatic rings. The first kappa shape index (κ1) is 15.2. The number of ether oxygens (including phenoxy) is 2. The van der Waals surface area contributed by atoms with E-state index in [1.807, 2.05) is 0 Å². The number of aryl methyl sites for hydroxylation is 1. The van der Waals surface area contributed by atoms with Gasteiger partial charge in [-0.2, -0.15) is 4.98 Å². The van der Waals surface area contributed by atoms with E-state index in [-0.39, 0.29) is 26.7 Å². The summed E-state index contributed by atoms with van der Waals surface area (Å²) in [5.41, 5.74) is 0.581. The Bertz CT molecular complexity index is 716. The van der Waals surface area contributed by atoms with Crippen molar-refractivity contribution in [3.63, 3.8) is 0 Å². The summed E-state index contributed by atoms with van der Waals surface area (Å²) in [6.45, 7) is 1.77. The highest BCUT2D eigenvalue weighted by Gasteiger charge is 2.21. The third kappa shape index (κ3) is 3.29. The molecule has 0 saturated heterocycles. The molecule has 0 spiro atoms. The van der Waals surface area contributed by atoms with Crippen LogP contribution in [0.1, 0.15) is 15.2 Å². The number of methoxy groups -OCH3 is 1. The summed E-state index contributed by atoms with van der Waals surface area (Å²) in [6.07, 6.45) is 0. The molecule has 0 bridgehead atoms. The van der Waals surface area contributed by atoms with Crippen molar-refractivity contribution in [2.45, 2.75) is 6.92 Å². The molecule has 1 heterocycles. The number of carbonyl (C=O) groups is 1. The summed E-state index contributed by atoms with van der Waals surface area (Å²) in [5, 5.41) is 10.9. The third-order valence-corrected chi connectivity index (χ3v) is 3.75. The number of nitro benzene ring substituents is 1. The average Bonchev–Trinajstić information content (AvgIpc) is 2.78. The van der Waals surface area contributed by atoms with Crippen molar-refractivity contribution in [1.29, 1.82) is 0 Å². The molecule has 0 saturated carbocycles. The van der Waals surface area contributed by atoms with Crippen molar-refractivity contribution in [2.75, 3.05) is 7.11 Å². The number of nitro groups is 1. The van der Waals surface area contributed by atoms with Crippen LogP contribution in [-0.2, 0) is 4.74 Å². The van der Waals surface area contributed by atoms with E-state index in [1.54, 1.807) is 13.0 Å². The Labute approximate surface area is 128 Å². The van der Waals surface area contributed by atoms with Crippen LogP contribution in [0.15, 0.2) is 18.2 Å². The van der Waals surface area contributed by atoms with Gasteiger partial charge in [0, 0.05) is 6.07 Å². The van der Waals surface area contributed by atoms with Gasteiger partial charge in [-0.1, -0.05) is 29.0 Å². The highest BCUT2D eigenvalue weighted by molar-refractivity contribution is 7.15. The van der Waals surface area contributed by atoms with Gasteiger partial charge in [0.05, 0.1) is 12.0 Å². The molecule has 0 N–H and O–H groups in total. The van der Waals surface area contributed by atoms with Gasteiger partial charge in [-0.15, -0.1) is 0 Å². The van der Waals surface area contributed by atoms with Gasteiger partial charge in [0.25, 0.3) is 5.19 Å². The maximum Gasteiger partial charge on any atom is 0.351 e.